The first-order chi connectivity index (χ1) is 15.4. The molecule has 0 radical (unpaired) electrons. The number of esters is 2. The van der Waals surface area contributed by atoms with Gasteiger partial charge in [-0.2, -0.15) is 0 Å². The average Bonchev–Trinajstić information content (AvgIpc) is 2.74. The number of hydrogen-bond acceptors (Lipinski definition) is 4. The number of hydrogen-bond donors (Lipinski definition) is 0. The second-order valence-corrected chi connectivity index (χ2v) is 10.3. The first-order valence-corrected chi connectivity index (χ1v) is 13.7. The molecular weight excluding hydrogens is 400 g/mol. The summed E-state index contributed by atoms with van der Waals surface area (Å²) in [6, 6.07) is 0. The molecule has 0 aromatic carbocycles. The molecule has 0 heterocycles. The quantitative estimate of drug-likeness (QED) is 0.115. The van der Waals surface area contributed by atoms with Crippen molar-refractivity contribution in [2.75, 3.05) is 13.2 Å². The van der Waals surface area contributed by atoms with Gasteiger partial charge in [-0.25, -0.2) is 0 Å². The summed E-state index contributed by atoms with van der Waals surface area (Å²) in [5.41, 5.74) is 0. The predicted octanol–water partition coefficient (Wildman–Crippen LogP) is 8.41. The summed E-state index contributed by atoms with van der Waals surface area (Å²) in [5, 5.41) is 0. The van der Waals surface area contributed by atoms with Gasteiger partial charge < -0.3 is 9.47 Å². The van der Waals surface area contributed by atoms with Crippen LogP contribution in [0.2, 0.25) is 0 Å². The van der Waals surface area contributed by atoms with E-state index in [1.165, 1.54) is 64.2 Å². The maximum Gasteiger partial charge on any atom is 0.305 e. The summed E-state index contributed by atoms with van der Waals surface area (Å²) in [6.07, 6.45) is 19.4. The number of carbonyl (C=O) groups is 2. The minimum atomic E-state index is -0.135. The van der Waals surface area contributed by atoms with Crippen LogP contribution < -0.4 is 0 Å². The number of carbonyl (C=O) groups excluding carboxylic acids is 2. The lowest BCUT2D eigenvalue weighted by Gasteiger charge is -2.07. The molecule has 4 nitrogen and oxygen atoms in total. The van der Waals surface area contributed by atoms with E-state index in [0.717, 1.165) is 37.5 Å². The van der Waals surface area contributed by atoms with Crippen LogP contribution in [0.15, 0.2) is 0 Å². The van der Waals surface area contributed by atoms with E-state index >= 15 is 0 Å². The first kappa shape index (κ1) is 30.9. The third-order valence-corrected chi connectivity index (χ3v) is 5.89. The first-order valence-electron chi connectivity index (χ1n) is 13.7. The van der Waals surface area contributed by atoms with Gasteiger partial charge in [-0.15, -0.1) is 0 Å². The van der Waals surface area contributed by atoms with Crippen LogP contribution in [0, 0.1) is 11.8 Å². The van der Waals surface area contributed by atoms with Gasteiger partial charge in [-0.05, 0) is 37.5 Å². The third-order valence-electron chi connectivity index (χ3n) is 5.89. The van der Waals surface area contributed by atoms with Crippen molar-refractivity contribution < 1.29 is 19.1 Å². The van der Waals surface area contributed by atoms with E-state index in [4.69, 9.17) is 9.47 Å². The SMILES string of the molecule is CC(C)CCCCCCCCOC(=O)CCCCC(=O)OCCCCCCCCC(C)C. The molecule has 0 aromatic heterocycles. The highest BCUT2D eigenvalue weighted by Gasteiger charge is 2.06. The molecule has 4 heteroatoms. The minimum absolute atomic E-state index is 0.135. The van der Waals surface area contributed by atoms with Crippen LogP contribution in [0.3, 0.4) is 0 Å². The van der Waals surface area contributed by atoms with Gasteiger partial charge in [0.25, 0.3) is 0 Å². The van der Waals surface area contributed by atoms with Crippen molar-refractivity contribution in [3.63, 3.8) is 0 Å². The second kappa shape index (κ2) is 23.1. The minimum Gasteiger partial charge on any atom is -0.466 e. The molecule has 32 heavy (non-hydrogen) atoms. The molecule has 0 aliphatic carbocycles. The molecule has 0 N–H and O–H groups in total. The van der Waals surface area contributed by atoms with Crippen LogP contribution in [0.25, 0.3) is 0 Å². The molecule has 0 saturated heterocycles. The van der Waals surface area contributed by atoms with Crippen LogP contribution in [-0.4, -0.2) is 25.2 Å². The second-order valence-electron chi connectivity index (χ2n) is 10.3. The monoisotopic (exact) mass is 454 g/mol. The van der Waals surface area contributed by atoms with E-state index in [2.05, 4.69) is 27.7 Å². The Balaban J connectivity index is 3.32. The molecule has 0 unspecified atom stereocenters. The van der Waals surface area contributed by atoms with Crippen LogP contribution in [0.1, 0.15) is 143 Å². The maximum atomic E-state index is 11.8. The molecule has 190 valence electrons. The van der Waals surface area contributed by atoms with Gasteiger partial charge in [-0.1, -0.05) is 105 Å². The van der Waals surface area contributed by atoms with Gasteiger partial charge in [0.15, 0.2) is 0 Å². The Kier molecular flexibility index (Phi) is 22.3. The van der Waals surface area contributed by atoms with Crippen molar-refractivity contribution in [3.8, 4) is 0 Å². The summed E-state index contributed by atoms with van der Waals surface area (Å²) in [4.78, 5) is 23.5. The van der Waals surface area contributed by atoms with Gasteiger partial charge in [0, 0.05) is 12.8 Å². The zero-order valence-electron chi connectivity index (χ0n) is 21.9. The molecule has 0 rings (SSSR count). The predicted molar refractivity (Wildman–Crippen MR) is 135 cm³/mol. The van der Waals surface area contributed by atoms with Gasteiger partial charge in [0.2, 0.25) is 0 Å². The highest BCUT2D eigenvalue weighted by atomic mass is 16.5. The summed E-state index contributed by atoms with van der Waals surface area (Å²) in [6.45, 7) is 10.2. The molecule has 0 aromatic rings. The van der Waals surface area contributed by atoms with E-state index in [1.54, 1.807) is 0 Å². The Labute approximate surface area is 199 Å². The summed E-state index contributed by atoms with van der Waals surface area (Å²) < 4.78 is 10.6. The van der Waals surface area contributed by atoms with E-state index in [-0.39, 0.29) is 11.9 Å². The number of unbranched alkanes of at least 4 members (excludes halogenated alkanes) is 11. The van der Waals surface area contributed by atoms with Crippen LogP contribution >= 0.6 is 0 Å². The molecule has 0 bridgehead atoms. The highest BCUT2D eigenvalue weighted by Crippen LogP contribution is 2.13. The summed E-state index contributed by atoms with van der Waals surface area (Å²) in [5.74, 6) is 1.35. The van der Waals surface area contributed by atoms with Gasteiger partial charge in [-0.3, -0.25) is 9.59 Å². The van der Waals surface area contributed by atoms with Crippen LogP contribution in [-0.2, 0) is 19.1 Å². The number of rotatable bonds is 23. The Morgan fingerprint density at radius 1 is 0.469 bits per heavy atom. The van der Waals surface area contributed by atoms with Crippen molar-refractivity contribution in [3.05, 3.63) is 0 Å². The Morgan fingerprint density at radius 3 is 1.12 bits per heavy atom. The number of ether oxygens (including phenoxy) is 2. The van der Waals surface area contributed by atoms with Crippen molar-refractivity contribution in [1.82, 2.24) is 0 Å². The van der Waals surface area contributed by atoms with E-state index in [0.29, 0.717) is 38.9 Å². The van der Waals surface area contributed by atoms with Gasteiger partial charge >= 0.3 is 11.9 Å². The van der Waals surface area contributed by atoms with Gasteiger partial charge in [0.1, 0.15) is 0 Å². The van der Waals surface area contributed by atoms with Crippen molar-refractivity contribution >= 4 is 11.9 Å². The lowest BCUT2D eigenvalue weighted by atomic mass is 10.0. The standard InChI is InChI=1S/C28H54O4/c1-25(2)19-13-9-5-7-11-17-23-31-27(29)21-15-16-22-28(30)32-24-18-12-8-6-10-14-20-26(3)4/h25-26H,5-24H2,1-4H3. The molecule has 0 aliphatic rings. The normalized spacial score (nSPS) is 11.3. The highest BCUT2D eigenvalue weighted by molar-refractivity contribution is 5.70. The Bertz CT molecular complexity index is 391. The maximum absolute atomic E-state index is 11.8. The lowest BCUT2D eigenvalue weighted by Crippen LogP contribution is -2.08. The summed E-state index contributed by atoms with van der Waals surface area (Å²) in [7, 11) is 0. The molecule has 0 fully saturated rings. The molecule has 0 spiro atoms. The molecular formula is C28H54O4. The topological polar surface area (TPSA) is 52.6 Å². The molecule has 0 aliphatic heterocycles. The zero-order chi connectivity index (χ0) is 23.9. The third kappa shape index (κ3) is 25.2. The van der Waals surface area contributed by atoms with Crippen LogP contribution in [0.5, 0.6) is 0 Å². The van der Waals surface area contributed by atoms with E-state index in [1.807, 2.05) is 0 Å². The van der Waals surface area contributed by atoms with Gasteiger partial charge in [0.05, 0.1) is 13.2 Å². The fraction of sp³-hybridized carbons (Fsp3) is 0.929. The molecule has 0 atom stereocenters. The van der Waals surface area contributed by atoms with Crippen LogP contribution in [0.4, 0.5) is 0 Å². The van der Waals surface area contributed by atoms with E-state index < -0.39 is 0 Å². The lowest BCUT2D eigenvalue weighted by molar-refractivity contribution is -0.146. The van der Waals surface area contributed by atoms with Crippen molar-refractivity contribution in [1.29, 1.82) is 0 Å². The van der Waals surface area contributed by atoms with E-state index in [9.17, 15) is 9.59 Å². The van der Waals surface area contributed by atoms with Crippen molar-refractivity contribution in [2.24, 2.45) is 11.8 Å². The smallest absolute Gasteiger partial charge is 0.305 e. The van der Waals surface area contributed by atoms with Crippen molar-refractivity contribution in [2.45, 2.75) is 143 Å². The molecule has 0 amide bonds. The fourth-order valence-electron chi connectivity index (χ4n) is 3.78. The Morgan fingerprint density at radius 2 is 0.781 bits per heavy atom. The Hall–Kier alpha value is -1.06. The molecule has 0 saturated carbocycles. The summed E-state index contributed by atoms with van der Waals surface area (Å²) >= 11 is 0. The fourth-order valence-corrected chi connectivity index (χ4v) is 3.78. The average molecular weight is 455 g/mol. The largest absolute Gasteiger partial charge is 0.466 e. The zero-order valence-corrected chi connectivity index (χ0v) is 21.9.